The third-order valence-corrected chi connectivity index (χ3v) is 4.39. The fourth-order valence-corrected chi connectivity index (χ4v) is 2.97. The summed E-state index contributed by atoms with van der Waals surface area (Å²) in [6.07, 6.45) is 2.55. The molecule has 1 aliphatic heterocycles. The number of amides is 1. The molecule has 4 rings (SSSR count). The molecule has 0 radical (unpaired) electrons. The summed E-state index contributed by atoms with van der Waals surface area (Å²) < 4.78 is 0. The number of carbonyl (C=O) groups excluding carboxylic acids is 1. The van der Waals surface area contributed by atoms with Crippen LogP contribution in [0.5, 0.6) is 0 Å². The van der Waals surface area contributed by atoms with Crippen LogP contribution in [0.1, 0.15) is 34.7 Å². The average molecular weight is 306 g/mol. The Bertz CT molecular complexity index is 831. The van der Waals surface area contributed by atoms with Gasteiger partial charge in [0.05, 0.1) is 17.0 Å². The van der Waals surface area contributed by atoms with Crippen LogP contribution in [0.3, 0.4) is 0 Å². The molecule has 5 heteroatoms. The number of H-pyrrole nitrogens is 1. The van der Waals surface area contributed by atoms with Crippen molar-refractivity contribution in [1.82, 2.24) is 19.9 Å². The summed E-state index contributed by atoms with van der Waals surface area (Å²) >= 11 is 0. The first kappa shape index (κ1) is 13.9. The summed E-state index contributed by atoms with van der Waals surface area (Å²) in [7, 11) is 0. The summed E-state index contributed by atoms with van der Waals surface area (Å²) in [6.45, 7) is 3.46. The first-order valence-corrected chi connectivity index (χ1v) is 7.93. The number of nitrogens with zero attached hydrogens (tertiary/aromatic N) is 3. The van der Waals surface area contributed by atoms with Gasteiger partial charge in [-0.15, -0.1) is 0 Å². The summed E-state index contributed by atoms with van der Waals surface area (Å²) in [6, 6.07) is 11.7. The number of likely N-dealkylation sites (tertiary alicyclic amines) is 1. The molecular formula is C18H18N4O. The van der Waals surface area contributed by atoms with Crippen LogP contribution >= 0.6 is 0 Å². The number of aromatic amines is 1. The maximum Gasteiger partial charge on any atom is 0.254 e. The second-order valence-corrected chi connectivity index (χ2v) is 5.94. The summed E-state index contributed by atoms with van der Waals surface area (Å²) in [4.78, 5) is 26.6. The lowest BCUT2D eigenvalue weighted by Crippen LogP contribution is -2.48. The van der Waals surface area contributed by atoms with Gasteiger partial charge in [-0.2, -0.15) is 0 Å². The largest absolute Gasteiger partial charge is 0.342 e. The lowest BCUT2D eigenvalue weighted by molar-refractivity contribution is 0.0595. The first-order valence-electron chi connectivity index (χ1n) is 7.93. The Morgan fingerprint density at radius 3 is 2.91 bits per heavy atom. The molecular weight excluding hydrogens is 288 g/mol. The zero-order valence-electron chi connectivity index (χ0n) is 13.0. The number of hydrogen-bond donors (Lipinski definition) is 1. The number of carbonyl (C=O) groups is 1. The lowest BCUT2D eigenvalue weighted by atomic mass is 9.98. The molecule has 116 valence electrons. The highest BCUT2D eigenvalue weighted by molar-refractivity contribution is 5.94. The van der Waals surface area contributed by atoms with Crippen molar-refractivity contribution in [3.05, 3.63) is 59.7 Å². The molecule has 3 heterocycles. The molecule has 1 aliphatic rings. The summed E-state index contributed by atoms with van der Waals surface area (Å²) in [5, 5.41) is 0. The van der Waals surface area contributed by atoms with Crippen molar-refractivity contribution in [3.63, 3.8) is 0 Å². The molecule has 1 saturated heterocycles. The van der Waals surface area contributed by atoms with Gasteiger partial charge in [0.1, 0.15) is 5.82 Å². The summed E-state index contributed by atoms with van der Waals surface area (Å²) in [5.74, 6) is 1.34. The van der Waals surface area contributed by atoms with E-state index in [2.05, 4.69) is 15.0 Å². The van der Waals surface area contributed by atoms with Crippen molar-refractivity contribution < 1.29 is 4.79 Å². The number of fused-ring (bicyclic) bond motifs is 1. The standard InChI is InChI=1S/C18H18N4O/c1-2-14-9-12(7-8-19-14)18(23)22-10-13(11-22)17-20-15-5-3-4-6-16(15)21-17/h3-9,13H,2,10-11H2,1H3,(H,20,21). The Morgan fingerprint density at radius 1 is 1.30 bits per heavy atom. The van der Waals surface area contributed by atoms with Gasteiger partial charge in [0.15, 0.2) is 0 Å². The Morgan fingerprint density at radius 2 is 2.13 bits per heavy atom. The molecule has 0 aliphatic carbocycles. The molecule has 23 heavy (non-hydrogen) atoms. The minimum Gasteiger partial charge on any atom is -0.342 e. The minimum absolute atomic E-state index is 0.0782. The molecule has 0 bridgehead atoms. The maximum atomic E-state index is 12.5. The van der Waals surface area contributed by atoms with Crippen molar-refractivity contribution in [1.29, 1.82) is 0 Å². The third-order valence-electron chi connectivity index (χ3n) is 4.39. The van der Waals surface area contributed by atoms with Crippen molar-refractivity contribution in [2.24, 2.45) is 0 Å². The second-order valence-electron chi connectivity index (χ2n) is 5.94. The number of benzene rings is 1. The molecule has 1 N–H and O–H groups in total. The molecule has 0 saturated carbocycles. The number of para-hydroxylation sites is 2. The van der Waals surface area contributed by atoms with Crippen LogP contribution in [0.25, 0.3) is 11.0 Å². The van der Waals surface area contributed by atoms with Crippen LogP contribution in [-0.2, 0) is 6.42 Å². The molecule has 1 fully saturated rings. The molecule has 5 nitrogen and oxygen atoms in total. The van der Waals surface area contributed by atoms with Crippen molar-refractivity contribution in [2.45, 2.75) is 19.3 Å². The molecule has 0 spiro atoms. The zero-order chi connectivity index (χ0) is 15.8. The van der Waals surface area contributed by atoms with Gasteiger partial charge in [0, 0.05) is 30.5 Å². The Hall–Kier alpha value is -2.69. The van der Waals surface area contributed by atoms with E-state index in [4.69, 9.17) is 0 Å². The lowest BCUT2D eigenvalue weighted by Gasteiger charge is -2.38. The first-order chi connectivity index (χ1) is 11.2. The highest BCUT2D eigenvalue weighted by atomic mass is 16.2. The SMILES string of the molecule is CCc1cc(C(=O)N2CC(c3nc4ccccc4[nH]3)C2)ccn1. The number of imidazole rings is 1. The van der Waals surface area contributed by atoms with Crippen LogP contribution in [0.4, 0.5) is 0 Å². The highest BCUT2D eigenvalue weighted by Gasteiger charge is 2.34. The van der Waals surface area contributed by atoms with E-state index in [-0.39, 0.29) is 5.91 Å². The smallest absolute Gasteiger partial charge is 0.254 e. The number of nitrogens with one attached hydrogen (secondary N) is 1. The normalized spacial score (nSPS) is 14.9. The number of hydrogen-bond acceptors (Lipinski definition) is 3. The molecule has 3 aromatic rings. The van der Waals surface area contributed by atoms with Gasteiger partial charge in [0.2, 0.25) is 0 Å². The highest BCUT2D eigenvalue weighted by Crippen LogP contribution is 2.28. The predicted molar refractivity (Wildman–Crippen MR) is 88.4 cm³/mol. The minimum atomic E-state index is 0.0782. The maximum absolute atomic E-state index is 12.5. The fourth-order valence-electron chi connectivity index (χ4n) is 2.97. The Labute approximate surface area is 134 Å². The average Bonchev–Trinajstić information content (AvgIpc) is 2.96. The van der Waals surface area contributed by atoms with E-state index < -0.39 is 0 Å². The number of rotatable bonds is 3. The number of pyridine rings is 1. The van der Waals surface area contributed by atoms with E-state index in [1.54, 1.807) is 12.3 Å². The van der Waals surface area contributed by atoms with Gasteiger partial charge in [-0.1, -0.05) is 19.1 Å². The van der Waals surface area contributed by atoms with E-state index >= 15 is 0 Å². The fraction of sp³-hybridized carbons (Fsp3) is 0.278. The molecule has 1 amide bonds. The van der Waals surface area contributed by atoms with E-state index in [0.717, 1.165) is 34.5 Å². The van der Waals surface area contributed by atoms with Gasteiger partial charge >= 0.3 is 0 Å². The van der Waals surface area contributed by atoms with Crippen LogP contribution < -0.4 is 0 Å². The van der Waals surface area contributed by atoms with Crippen LogP contribution in [0.15, 0.2) is 42.6 Å². The molecule has 0 unspecified atom stereocenters. The second kappa shape index (κ2) is 5.50. The van der Waals surface area contributed by atoms with Crippen molar-refractivity contribution in [3.8, 4) is 0 Å². The van der Waals surface area contributed by atoms with E-state index in [1.165, 1.54) is 0 Å². The molecule has 2 aromatic heterocycles. The van der Waals surface area contributed by atoms with E-state index in [0.29, 0.717) is 19.0 Å². The van der Waals surface area contributed by atoms with Gasteiger partial charge in [-0.05, 0) is 30.7 Å². The third kappa shape index (κ3) is 2.48. The van der Waals surface area contributed by atoms with Gasteiger partial charge in [0.25, 0.3) is 5.91 Å². The number of aromatic nitrogens is 3. The Kier molecular flexibility index (Phi) is 3.33. The van der Waals surface area contributed by atoms with Crippen LogP contribution in [-0.4, -0.2) is 38.8 Å². The Balaban J connectivity index is 1.47. The van der Waals surface area contributed by atoms with E-state index in [1.807, 2.05) is 42.2 Å². The summed E-state index contributed by atoms with van der Waals surface area (Å²) in [5.41, 5.74) is 3.70. The number of aryl methyl sites for hydroxylation is 1. The molecule has 1 aromatic carbocycles. The van der Waals surface area contributed by atoms with Gasteiger partial charge < -0.3 is 9.88 Å². The van der Waals surface area contributed by atoms with Crippen LogP contribution in [0, 0.1) is 0 Å². The van der Waals surface area contributed by atoms with Gasteiger partial charge in [-0.25, -0.2) is 4.98 Å². The molecule has 0 atom stereocenters. The predicted octanol–water partition coefficient (Wildman–Crippen LogP) is 2.76. The van der Waals surface area contributed by atoms with Gasteiger partial charge in [-0.3, -0.25) is 9.78 Å². The monoisotopic (exact) mass is 306 g/mol. The zero-order valence-corrected chi connectivity index (χ0v) is 13.0. The quantitative estimate of drug-likeness (QED) is 0.809. The van der Waals surface area contributed by atoms with Crippen molar-refractivity contribution in [2.75, 3.05) is 13.1 Å². The topological polar surface area (TPSA) is 61.9 Å². The van der Waals surface area contributed by atoms with Crippen molar-refractivity contribution >= 4 is 16.9 Å². The van der Waals surface area contributed by atoms with E-state index in [9.17, 15) is 4.79 Å². The van der Waals surface area contributed by atoms with Crippen LogP contribution in [0.2, 0.25) is 0 Å².